The number of aromatic nitrogens is 1. The first kappa shape index (κ1) is 13.6. The number of hydrogen-bond donors (Lipinski definition) is 3. The van der Waals surface area contributed by atoms with Crippen LogP contribution in [-0.4, -0.2) is 39.9 Å². The van der Waals surface area contributed by atoms with E-state index < -0.39 is 11.4 Å². The Morgan fingerprint density at radius 1 is 1.47 bits per heavy atom. The van der Waals surface area contributed by atoms with Crippen molar-refractivity contribution >= 4 is 5.91 Å². The van der Waals surface area contributed by atoms with Gasteiger partial charge in [-0.1, -0.05) is 6.92 Å². The molecule has 0 spiro atoms. The molecule has 0 aliphatic carbocycles. The summed E-state index contributed by atoms with van der Waals surface area (Å²) in [5.74, 6) is -0.397. The van der Waals surface area contributed by atoms with Gasteiger partial charge >= 0.3 is 0 Å². The quantitative estimate of drug-likeness (QED) is 0.680. The van der Waals surface area contributed by atoms with Crippen molar-refractivity contribution in [3.05, 3.63) is 29.6 Å². The van der Waals surface area contributed by atoms with Crippen LogP contribution in [0.2, 0.25) is 0 Å². The van der Waals surface area contributed by atoms with E-state index in [2.05, 4.69) is 10.3 Å². The van der Waals surface area contributed by atoms with Crippen molar-refractivity contribution in [1.82, 2.24) is 10.3 Å². The van der Waals surface area contributed by atoms with E-state index in [1.54, 1.807) is 19.2 Å². The lowest BCUT2D eigenvalue weighted by molar-refractivity contribution is 0.0719. The van der Waals surface area contributed by atoms with Gasteiger partial charge < -0.3 is 15.5 Å². The normalized spacial score (nSPS) is 11.3. The first-order valence-electron chi connectivity index (χ1n) is 5.54. The van der Waals surface area contributed by atoms with Gasteiger partial charge in [-0.2, -0.15) is 0 Å². The fourth-order valence-electron chi connectivity index (χ4n) is 1.29. The van der Waals surface area contributed by atoms with Crippen molar-refractivity contribution in [2.24, 2.45) is 0 Å². The second-order valence-electron chi connectivity index (χ2n) is 4.23. The zero-order chi connectivity index (χ0) is 12.9. The molecule has 0 atom stereocenters. The van der Waals surface area contributed by atoms with Gasteiger partial charge in [0.15, 0.2) is 0 Å². The maximum absolute atomic E-state index is 11.9. The van der Waals surface area contributed by atoms with E-state index in [1.807, 2.05) is 13.0 Å². The Morgan fingerprint density at radius 2 is 2.12 bits per heavy atom. The van der Waals surface area contributed by atoms with Gasteiger partial charge in [0.1, 0.15) is 5.69 Å². The molecule has 1 rings (SSSR count). The van der Waals surface area contributed by atoms with E-state index >= 15 is 0 Å². The average molecular weight is 238 g/mol. The molecule has 5 nitrogen and oxygen atoms in total. The summed E-state index contributed by atoms with van der Waals surface area (Å²) in [6, 6.07) is 3.54. The van der Waals surface area contributed by atoms with Crippen molar-refractivity contribution < 1.29 is 15.0 Å². The SMILES string of the molecule is CCc1ccnc(C(=O)NC(C)(CO)CO)c1. The molecule has 0 saturated heterocycles. The summed E-state index contributed by atoms with van der Waals surface area (Å²) in [6.07, 6.45) is 2.39. The van der Waals surface area contributed by atoms with E-state index in [9.17, 15) is 4.79 Å². The Labute approximate surface area is 101 Å². The minimum atomic E-state index is -1.03. The highest BCUT2D eigenvalue weighted by atomic mass is 16.3. The molecule has 3 N–H and O–H groups in total. The topological polar surface area (TPSA) is 82.5 Å². The first-order valence-corrected chi connectivity index (χ1v) is 5.54. The Kier molecular flexibility index (Phi) is 4.60. The number of nitrogens with zero attached hydrogens (tertiary/aromatic N) is 1. The fourth-order valence-corrected chi connectivity index (χ4v) is 1.29. The van der Waals surface area contributed by atoms with Gasteiger partial charge in [-0.05, 0) is 31.0 Å². The molecule has 1 heterocycles. The molecule has 0 aromatic carbocycles. The number of aliphatic hydroxyl groups is 2. The summed E-state index contributed by atoms with van der Waals surface area (Å²) >= 11 is 0. The van der Waals surface area contributed by atoms with Gasteiger partial charge in [-0.3, -0.25) is 9.78 Å². The third-order valence-electron chi connectivity index (χ3n) is 2.58. The van der Waals surface area contributed by atoms with Gasteiger partial charge in [-0.25, -0.2) is 0 Å². The van der Waals surface area contributed by atoms with Crippen molar-refractivity contribution in [2.75, 3.05) is 13.2 Å². The summed E-state index contributed by atoms with van der Waals surface area (Å²) in [5.41, 5.74) is 0.276. The zero-order valence-corrected chi connectivity index (χ0v) is 10.1. The molecule has 0 saturated carbocycles. The van der Waals surface area contributed by atoms with Crippen molar-refractivity contribution in [3.8, 4) is 0 Å². The molecule has 1 aromatic heterocycles. The second-order valence-corrected chi connectivity index (χ2v) is 4.23. The molecule has 0 aliphatic rings. The van der Waals surface area contributed by atoms with Crippen molar-refractivity contribution in [2.45, 2.75) is 25.8 Å². The maximum Gasteiger partial charge on any atom is 0.270 e. The number of hydrogen-bond acceptors (Lipinski definition) is 4. The van der Waals surface area contributed by atoms with Crippen LogP contribution >= 0.6 is 0 Å². The number of nitrogens with one attached hydrogen (secondary N) is 1. The lowest BCUT2D eigenvalue weighted by atomic mass is 10.1. The monoisotopic (exact) mass is 238 g/mol. The third kappa shape index (κ3) is 3.51. The molecule has 0 unspecified atom stereocenters. The highest BCUT2D eigenvalue weighted by molar-refractivity contribution is 5.92. The largest absolute Gasteiger partial charge is 0.394 e. The predicted octanol–water partition coefficient (Wildman–Crippen LogP) is 0.117. The molecular weight excluding hydrogens is 220 g/mol. The van der Waals surface area contributed by atoms with E-state index in [4.69, 9.17) is 10.2 Å². The second kappa shape index (κ2) is 5.75. The number of rotatable bonds is 5. The lowest BCUT2D eigenvalue weighted by Crippen LogP contribution is -2.51. The summed E-state index contributed by atoms with van der Waals surface area (Å²) in [5, 5.41) is 20.7. The molecule has 5 heteroatoms. The lowest BCUT2D eigenvalue weighted by Gasteiger charge is -2.25. The van der Waals surface area contributed by atoms with E-state index in [-0.39, 0.29) is 18.9 Å². The average Bonchev–Trinajstić information content (AvgIpc) is 2.38. The van der Waals surface area contributed by atoms with Gasteiger partial charge in [-0.15, -0.1) is 0 Å². The Hall–Kier alpha value is -1.46. The smallest absolute Gasteiger partial charge is 0.270 e. The first-order chi connectivity index (χ1) is 8.04. The van der Waals surface area contributed by atoms with Crippen LogP contribution in [0, 0.1) is 0 Å². The molecule has 1 aromatic rings. The summed E-state index contributed by atoms with van der Waals surface area (Å²) in [6.45, 7) is 2.89. The van der Waals surface area contributed by atoms with Crippen LogP contribution in [0.3, 0.4) is 0 Å². The molecule has 0 fully saturated rings. The van der Waals surface area contributed by atoms with Crippen molar-refractivity contribution in [3.63, 3.8) is 0 Å². The Balaban J connectivity index is 2.82. The standard InChI is InChI=1S/C12H18N2O3/c1-3-9-4-5-13-10(6-9)11(17)14-12(2,7-15)8-16/h4-6,15-16H,3,7-8H2,1-2H3,(H,14,17). The number of pyridine rings is 1. The van der Waals surface area contributed by atoms with Crippen LogP contribution in [0.5, 0.6) is 0 Å². The van der Waals surface area contributed by atoms with Crippen LogP contribution in [-0.2, 0) is 6.42 Å². The van der Waals surface area contributed by atoms with Crippen LogP contribution in [0.15, 0.2) is 18.3 Å². The molecule has 0 radical (unpaired) electrons. The van der Waals surface area contributed by atoms with Crippen molar-refractivity contribution in [1.29, 1.82) is 0 Å². The Bertz CT molecular complexity index is 389. The summed E-state index contributed by atoms with van der Waals surface area (Å²) < 4.78 is 0. The highest BCUT2D eigenvalue weighted by Crippen LogP contribution is 2.06. The van der Waals surface area contributed by atoms with Crippen LogP contribution in [0.25, 0.3) is 0 Å². The maximum atomic E-state index is 11.9. The molecular formula is C12H18N2O3. The number of aliphatic hydroxyl groups excluding tert-OH is 2. The molecule has 0 aliphatic heterocycles. The summed E-state index contributed by atoms with van der Waals surface area (Å²) in [4.78, 5) is 15.8. The molecule has 0 bridgehead atoms. The fraction of sp³-hybridized carbons (Fsp3) is 0.500. The van der Waals surface area contributed by atoms with Gasteiger partial charge in [0, 0.05) is 6.20 Å². The minimum absolute atomic E-state index is 0.289. The van der Waals surface area contributed by atoms with Crippen LogP contribution in [0.4, 0.5) is 0 Å². The number of aryl methyl sites for hydroxylation is 1. The number of amides is 1. The zero-order valence-electron chi connectivity index (χ0n) is 10.1. The third-order valence-corrected chi connectivity index (χ3v) is 2.58. The van der Waals surface area contributed by atoms with Crippen LogP contribution in [0.1, 0.15) is 29.9 Å². The highest BCUT2D eigenvalue weighted by Gasteiger charge is 2.25. The van der Waals surface area contributed by atoms with Gasteiger partial charge in [0.05, 0.1) is 18.8 Å². The minimum Gasteiger partial charge on any atom is -0.394 e. The molecule has 1 amide bonds. The molecule has 17 heavy (non-hydrogen) atoms. The number of carbonyl (C=O) groups is 1. The predicted molar refractivity (Wildman–Crippen MR) is 63.7 cm³/mol. The van der Waals surface area contributed by atoms with Gasteiger partial charge in [0.25, 0.3) is 5.91 Å². The van der Waals surface area contributed by atoms with E-state index in [0.29, 0.717) is 0 Å². The summed E-state index contributed by atoms with van der Waals surface area (Å²) in [7, 11) is 0. The molecule has 94 valence electrons. The Morgan fingerprint density at radius 3 is 2.65 bits per heavy atom. The van der Waals surface area contributed by atoms with Crippen LogP contribution < -0.4 is 5.32 Å². The van der Waals surface area contributed by atoms with E-state index in [1.165, 1.54) is 0 Å². The number of carbonyl (C=O) groups excluding carboxylic acids is 1. The van der Waals surface area contributed by atoms with E-state index in [0.717, 1.165) is 12.0 Å². The van der Waals surface area contributed by atoms with Gasteiger partial charge in [0.2, 0.25) is 0 Å².